The number of benzene rings is 4. The average molecular weight is 805 g/mol. The topological polar surface area (TPSA) is 127 Å². The molecule has 8 bridgehead atoms. The van der Waals surface area contributed by atoms with Gasteiger partial charge < -0.3 is 30.0 Å². The summed E-state index contributed by atoms with van der Waals surface area (Å²) >= 11 is 0. The van der Waals surface area contributed by atoms with E-state index in [4.69, 9.17) is 14.7 Å². The second-order valence-corrected chi connectivity index (χ2v) is 15.6. The van der Waals surface area contributed by atoms with Crippen LogP contribution in [0.4, 0.5) is 0 Å². The maximum absolute atomic E-state index is 10.3. The summed E-state index contributed by atoms with van der Waals surface area (Å²) in [6, 6.07) is 38.0. The van der Waals surface area contributed by atoms with E-state index in [9.17, 15) is 15.3 Å². The van der Waals surface area contributed by atoms with Crippen molar-refractivity contribution in [3.63, 3.8) is 0 Å². The number of nitrogens with zero attached hydrogens (tertiary/aromatic N) is 2. The molecule has 9 rings (SSSR count). The van der Waals surface area contributed by atoms with Gasteiger partial charge in [0.2, 0.25) is 0 Å². The zero-order chi connectivity index (χ0) is 41.7. The van der Waals surface area contributed by atoms with Crippen LogP contribution in [0.25, 0.3) is 90.9 Å². The van der Waals surface area contributed by atoms with Crippen LogP contribution in [-0.4, -0.2) is 41.9 Å². The molecule has 5 N–H and O–H groups in total. The lowest BCUT2D eigenvalue weighted by atomic mass is 10.0. The molecule has 0 spiro atoms. The van der Waals surface area contributed by atoms with Gasteiger partial charge in [0.15, 0.2) is 0 Å². The number of nitrogens with one attached hydrogen (secondary N) is 2. The summed E-state index contributed by atoms with van der Waals surface area (Å²) in [6.45, 7) is 2.94. The second-order valence-electron chi connectivity index (χ2n) is 15.6. The van der Waals surface area contributed by atoms with Gasteiger partial charge in [-0.25, -0.2) is 9.97 Å². The highest BCUT2D eigenvalue weighted by Gasteiger charge is 2.19. The Morgan fingerprint density at radius 1 is 0.393 bits per heavy atom. The van der Waals surface area contributed by atoms with Gasteiger partial charge in [0.25, 0.3) is 0 Å². The lowest BCUT2D eigenvalue weighted by Crippen LogP contribution is -1.97. The normalized spacial score (nSPS) is 12.0. The number of H-pyrrole nitrogens is 2. The number of hydrogen-bond acceptors (Lipinski definition) is 6. The summed E-state index contributed by atoms with van der Waals surface area (Å²) in [4.78, 5) is 18.1. The number of ether oxygens (including phenoxy) is 1. The minimum atomic E-state index is 0.173. The fourth-order valence-electron chi connectivity index (χ4n) is 8.27. The van der Waals surface area contributed by atoms with Crippen LogP contribution >= 0.6 is 0 Å². The van der Waals surface area contributed by atoms with Gasteiger partial charge in [0, 0.05) is 44.3 Å². The van der Waals surface area contributed by atoms with Crippen molar-refractivity contribution < 1.29 is 20.1 Å². The largest absolute Gasteiger partial charge is 0.508 e. The fourth-order valence-corrected chi connectivity index (χ4v) is 8.27. The molecule has 61 heavy (non-hydrogen) atoms. The van der Waals surface area contributed by atoms with E-state index in [1.54, 1.807) is 36.4 Å². The van der Waals surface area contributed by atoms with E-state index in [1.165, 1.54) is 38.5 Å². The third-order valence-corrected chi connectivity index (χ3v) is 11.4. The van der Waals surface area contributed by atoms with Crippen molar-refractivity contribution in [1.82, 2.24) is 19.9 Å². The van der Waals surface area contributed by atoms with E-state index in [0.717, 1.165) is 102 Å². The van der Waals surface area contributed by atoms with Gasteiger partial charge in [0.05, 0.1) is 29.4 Å². The number of aromatic amines is 2. The van der Waals surface area contributed by atoms with Crippen molar-refractivity contribution >= 4 is 46.4 Å². The Morgan fingerprint density at radius 2 is 0.705 bits per heavy atom. The van der Waals surface area contributed by atoms with Crippen molar-refractivity contribution in [1.29, 1.82) is 0 Å². The highest BCUT2D eigenvalue weighted by atomic mass is 16.5. The molecule has 0 fully saturated rings. The van der Waals surface area contributed by atoms with Gasteiger partial charge in [-0.3, -0.25) is 0 Å². The molecular formula is C53H48N4O4. The van der Waals surface area contributed by atoms with Crippen LogP contribution in [0, 0.1) is 0 Å². The van der Waals surface area contributed by atoms with Gasteiger partial charge in [-0.05, 0) is 126 Å². The summed E-state index contributed by atoms with van der Waals surface area (Å²) in [5.41, 5.74) is 13.6. The van der Waals surface area contributed by atoms with Crippen LogP contribution in [-0.2, 0) is 0 Å². The van der Waals surface area contributed by atoms with Crippen molar-refractivity contribution in [3.8, 4) is 67.5 Å². The highest BCUT2D eigenvalue weighted by Crippen LogP contribution is 2.39. The molecule has 0 atom stereocenters. The molecule has 8 heteroatoms. The molecule has 8 nitrogen and oxygen atoms in total. The first-order valence-electron chi connectivity index (χ1n) is 21.2. The molecule has 2 aliphatic rings. The van der Waals surface area contributed by atoms with E-state index in [-0.39, 0.29) is 17.2 Å². The van der Waals surface area contributed by atoms with Gasteiger partial charge >= 0.3 is 0 Å². The first kappa shape index (κ1) is 39.2. The smallest absolute Gasteiger partial charge is 0.119 e. The van der Waals surface area contributed by atoms with Crippen molar-refractivity contribution in [3.05, 3.63) is 144 Å². The van der Waals surface area contributed by atoms with Crippen LogP contribution in [0.1, 0.15) is 74.6 Å². The number of unbranched alkanes of at least 4 members (excludes halogenated alkanes) is 6. The van der Waals surface area contributed by atoms with Crippen molar-refractivity contribution in [2.45, 2.75) is 51.9 Å². The zero-order valence-corrected chi connectivity index (χ0v) is 34.2. The molecule has 7 aromatic rings. The number of aromatic nitrogens is 4. The van der Waals surface area contributed by atoms with Crippen molar-refractivity contribution in [2.75, 3.05) is 6.61 Å². The third-order valence-electron chi connectivity index (χ3n) is 11.4. The summed E-state index contributed by atoms with van der Waals surface area (Å²) < 4.78 is 6.21. The van der Waals surface area contributed by atoms with E-state index >= 15 is 0 Å². The number of phenols is 3. The molecule has 304 valence electrons. The molecule has 0 radical (unpaired) electrons. The molecule has 2 aliphatic heterocycles. The molecule has 0 amide bonds. The molecule has 0 unspecified atom stereocenters. The van der Waals surface area contributed by atoms with E-state index in [0.29, 0.717) is 6.61 Å². The summed E-state index contributed by atoms with van der Waals surface area (Å²) in [6.07, 6.45) is 16.8. The SMILES string of the molecule is CCCCCCCCCOc1ccc(-c2c3nc(c(-c4ccc(O)cc4)c4ccc([nH]4)c(-c4ccc(O)cc4)c4nc(c(-c5ccc(O)cc5)c5ccc2[nH]5)C=C4)C=C3)cc1. The van der Waals surface area contributed by atoms with Gasteiger partial charge in [-0.15, -0.1) is 0 Å². The van der Waals surface area contributed by atoms with Crippen LogP contribution in [0.5, 0.6) is 23.0 Å². The summed E-state index contributed by atoms with van der Waals surface area (Å²) in [5, 5.41) is 30.8. The molecular weight excluding hydrogens is 757 g/mol. The minimum Gasteiger partial charge on any atom is -0.508 e. The van der Waals surface area contributed by atoms with Crippen LogP contribution < -0.4 is 4.74 Å². The molecule has 0 saturated heterocycles. The van der Waals surface area contributed by atoms with E-state index in [1.807, 2.05) is 72.8 Å². The van der Waals surface area contributed by atoms with Crippen LogP contribution in [0.15, 0.2) is 121 Å². The third kappa shape index (κ3) is 8.43. The van der Waals surface area contributed by atoms with Gasteiger partial charge in [-0.1, -0.05) is 94.0 Å². The average Bonchev–Trinajstić information content (AvgIpc) is 4.13. The minimum absolute atomic E-state index is 0.173. The van der Waals surface area contributed by atoms with Gasteiger partial charge in [-0.2, -0.15) is 0 Å². The highest BCUT2D eigenvalue weighted by molar-refractivity contribution is 5.99. The standard InChI is InChI=1S/C53H48N4O4/c1-2-3-4-5-6-7-8-33-61-41-23-15-37(16-24-41)53-48-31-29-46(56-48)51(35-11-19-39(59)20-12-35)44-27-25-42(54-44)50(34-9-17-38(58)18-10-34)43-26-28-45(55-43)52(47-30-32-49(53)57-47)36-13-21-40(60)22-14-36/h9-32,54,57-60H,2-8,33H2,1H3. The lowest BCUT2D eigenvalue weighted by molar-refractivity contribution is 0.304. The Labute approximate surface area is 355 Å². The predicted molar refractivity (Wildman–Crippen MR) is 249 cm³/mol. The quantitative estimate of drug-likeness (QED) is 0.0739. The summed E-state index contributed by atoms with van der Waals surface area (Å²) in [5.74, 6) is 1.37. The maximum atomic E-state index is 10.3. The Morgan fingerprint density at radius 3 is 1.05 bits per heavy atom. The maximum Gasteiger partial charge on any atom is 0.119 e. The molecule has 4 aromatic carbocycles. The fraction of sp³-hybridized carbons (Fsp3) is 0.170. The van der Waals surface area contributed by atoms with Crippen molar-refractivity contribution in [2.24, 2.45) is 0 Å². The Kier molecular flexibility index (Phi) is 11.2. The van der Waals surface area contributed by atoms with E-state index < -0.39 is 0 Å². The van der Waals surface area contributed by atoms with E-state index in [2.05, 4.69) is 53.3 Å². The Balaban J connectivity index is 1.27. The Hall–Kier alpha value is -7.32. The Bertz CT molecular complexity index is 2860. The molecule has 5 heterocycles. The first-order chi connectivity index (χ1) is 29.9. The molecule has 3 aromatic heterocycles. The first-order valence-corrected chi connectivity index (χ1v) is 21.2. The van der Waals surface area contributed by atoms with Crippen LogP contribution in [0.2, 0.25) is 0 Å². The number of aromatic hydroxyl groups is 3. The monoisotopic (exact) mass is 804 g/mol. The number of fused-ring (bicyclic) bond motifs is 8. The van der Waals surface area contributed by atoms with Gasteiger partial charge in [0.1, 0.15) is 23.0 Å². The number of rotatable bonds is 13. The zero-order valence-electron chi connectivity index (χ0n) is 34.2. The van der Waals surface area contributed by atoms with Crippen LogP contribution in [0.3, 0.4) is 0 Å². The number of hydrogen-bond donors (Lipinski definition) is 5. The molecule has 0 saturated carbocycles. The number of phenolic OH excluding ortho intramolecular Hbond substituents is 3. The summed E-state index contributed by atoms with van der Waals surface area (Å²) in [7, 11) is 0. The second kappa shape index (κ2) is 17.5. The predicted octanol–water partition coefficient (Wildman–Crippen LogP) is 13.6. The molecule has 0 aliphatic carbocycles. The lowest BCUT2D eigenvalue weighted by Gasteiger charge is -2.09.